The molecule has 3 aromatic rings. The van der Waals surface area contributed by atoms with E-state index in [-0.39, 0.29) is 29.9 Å². The molecule has 9 nitrogen and oxygen atoms in total. The van der Waals surface area contributed by atoms with Crippen LogP contribution in [0.5, 0.6) is 0 Å². The van der Waals surface area contributed by atoms with Crippen molar-refractivity contribution in [2.24, 2.45) is 0 Å². The van der Waals surface area contributed by atoms with Gasteiger partial charge in [-0.25, -0.2) is 4.98 Å². The summed E-state index contributed by atoms with van der Waals surface area (Å²) >= 11 is 0. The Morgan fingerprint density at radius 1 is 0.914 bits per heavy atom. The molecule has 0 N–H and O–H groups in total. The highest BCUT2D eigenvalue weighted by atomic mass is 16.5. The smallest absolute Gasteiger partial charge is 0.276 e. The zero-order valence-electron chi connectivity index (χ0n) is 19.7. The van der Waals surface area contributed by atoms with Crippen molar-refractivity contribution in [3.63, 3.8) is 0 Å². The van der Waals surface area contributed by atoms with Gasteiger partial charge in [0.05, 0.1) is 23.7 Å². The van der Waals surface area contributed by atoms with Crippen LogP contribution in [0.4, 0.5) is 5.82 Å². The lowest BCUT2D eigenvalue weighted by molar-refractivity contribution is 0.0521. The summed E-state index contributed by atoms with van der Waals surface area (Å²) in [5.74, 6) is 0.584. The molecule has 2 aromatic heterocycles. The number of anilines is 1. The fourth-order valence-corrected chi connectivity index (χ4v) is 5.72. The molecule has 2 amide bonds. The minimum Gasteiger partial charge on any atom is -0.364 e. The number of carbonyl (C=O) groups excluding carboxylic acids is 2. The molecule has 3 saturated heterocycles. The Hall–Kier alpha value is -3.72. The molecule has 2 bridgehead atoms. The van der Waals surface area contributed by atoms with E-state index in [1.54, 1.807) is 12.3 Å². The number of pyridine rings is 1. The van der Waals surface area contributed by atoms with Gasteiger partial charge in [0.15, 0.2) is 5.69 Å². The molecule has 0 saturated carbocycles. The lowest BCUT2D eigenvalue weighted by atomic mass is 10.0. The lowest BCUT2D eigenvalue weighted by Crippen LogP contribution is -2.51. The summed E-state index contributed by atoms with van der Waals surface area (Å²) in [6, 6.07) is 15.8. The van der Waals surface area contributed by atoms with Crippen molar-refractivity contribution in [1.82, 2.24) is 24.8 Å². The summed E-state index contributed by atoms with van der Waals surface area (Å²) < 4.78 is 4.83. The Morgan fingerprint density at radius 3 is 2.40 bits per heavy atom. The van der Waals surface area contributed by atoms with Crippen molar-refractivity contribution in [2.45, 2.75) is 24.5 Å². The number of carbonyl (C=O) groups is 2. The van der Waals surface area contributed by atoms with Gasteiger partial charge >= 0.3 is 0 Å². The van der Waals surface area contributed by atoms with Crippen molar-refractivity contribution in [1.29, 1.82) is 0 Å². The number of hydrogen-bond donors (Lipinski definition) is 0. The maximum atomic E-state index is 13.8. The van der Waals surface area contributed by atoms with E-state index in [0.29, 0.717) is 24.3 Å². The number of benzene rings is 1. The SMILES string of the molecule is CN1CCN(c2ncccc2C(=O)N2C[C@@H]3C[C@H]2CN3C(=O)c2ccon2)C(c2ccccc2)C1. The van der Waals surface area contributed by atoms with E-state index in [1.165, 1.54) is 11.8 Å². The van der Waals surface area contributed by atoms with Crippen LogP contribution in [0, 0.1) is 0 Å². The molecule has 1 unspecified atom stereocenters. The van der Waals surface area contributed by atoms with Crippen molar-refractivity contribution >= 4 is 17.6 Å². The molecule has 35 heavy (non-hydrogen) atoms. The van der Waals surface area contributed by atoms with Crippen LogP contribution in [0.1, 0.15) is 38.9 Å². The second-order valence-electron chi connectivity index (χ2n) is 9.60. The zero-order valence-corrected chi connectivity index (χ0v) is 19.7. The molecule has 9 heteroatoms. The van der Waals surface area contributed by atoms with Crippen LogP contribution >= 0.6 is 0 Å². The molecule has 0 radical (unpaired) electrons. The molecule has 5 heterocycles. The topological polar surface area (TPSA) is 86.0 Å². The molecule has 1 aromatic carbocycles. The van der Waals surface area contributed by atoms with E-state index in [9.17, 15) is 9.59 Å². The second kappa shape index (κ2) is 8.81. The Kier molecular flexibility index (Phi) is 5.49. The molecule has 0 spiro atoms. The largest absolute Gasteiger partial charge is 0.364 e. The van der Waals surface area contributed by atoms with Crippen molar-refractivity contribution in [3.8, 4) is 0 Å². The van der Waals surface area contributed by atoms with Gasteiger partial charge in [0.25, 0.3) is 11.8 Å². The number of aromatic nitrogens is 2. The maximum absolute atomic E-state index is 13.8. The highest BCUT2D eigenvalue weighted by molar-refractivity contribution is 6.00. The Morgan fingerprint density at radius 2 is 1.69 bits per heavy atom. The molecule has 3 atom stereocenters. The van der Waals surface area contributed by atoms with Crippen molar-refractivity contribution in [2.75, 3.05) is 44.7 Å². The number of likely N-dealkylation sites (N-methyl/N-ethyl adjacent to an activating group) is 1. The third kappa shape index (κ3) is 3.85. The van der Waals surface area contributed by atoms with E-state index in [4.69, 9.17) is 9.51 Å². The van der Waals surface area contributed by atoms with Crippen molar-refractivity contribution in [3.05, 3.63) is 77.8 Å². The number of fused-ring (bicyclic) bond motifs is 2. The van der Waals surface area contributed by atoms with Gasteiger partial charge in [0.1, 0.15) is 12.1 Å². The van der Waals surface area contributed by atoms with E-state index in [0.717, 1.165) is 31.9 Å². The highest BCUT2D eigenvalue weighted by Gasteiger charge is 2.48. The summed E-state index contributed by atoms with van der Waals surface area (Å²) in [6.45, 7) is 3.59. The van der Waals surface area contributed by atoms with Crippen LogP contribution in [0.15, 0.2) is 65.5 Å². The summed E-state index contributed by atoms with van der Waals surface area (Å²) in [7, 11) is 2.13. The third-order valence-corrected chi connectivity index (χ3v) is 7.48. The van der Waals surface area contributed by atoms with Gasteiger partial charge in [0.2, 0.25) is 0 Å². The molecule has 6 rings (SSSR count). The van der Waals surface area contributed by atoms with Crippen LogP contribution in [0.2, 0.25) is 0 Å². The Labute approximate surface area is 203 Å². The predicted molar refractivity (Wildman–Crippen MR) is 129 cm³/mol. The van der Waals surface area contributed by atoms with E-state index in [1.807, 2.05) is 28.0 Å². The third-order valence-electron chi connectivity index (χ3n) is 7.48. The second-order valence-corrected chi connectivity index (χ2v) is 9.60. The minimum atomic E-state index is -0.136. The number of amides is 2. The van der Waals surface area contributed by atoms with E-state index < -0.39 is 0 Å². The average Bonchev–Trinajstić information content (AvgIpc) is 3.66. The van der Waals surface area contributed by atoms with Gasteiger partial charge in [-0.2, -0.15) is 0 Å². The van der Waals surface area contributed by atoms with Crippen LogP contribution < -0.4 is 4.90 Å². The Balaban J connectivity index is 1.25. The highest BCUT2D eigenvalue weighted by Crippen LogP contribution is 2.36. The monoisotopic (exact) mass is 472 g/mol. The molecule has 180 valence electrons. The van der Waals surface area contributed by atoms with Gasteiger partial charge in [-0.05, 0) is 31.2 Å². The molecular weight excluding hydrogens is 444 g/mol. The normalized spacial score (nSPS) is 24.3. The first-order valence-electron chi connectivity index (χ1n) is 12.1. The first kappa shape index (κ1) is 21.8. The quantitative estimate of drug-likeness (QED) is 0.576. The predicted octanol–water partition coefficient (Wildman–Crippen LogP) is 2.30. The van der Waals surface area contributed by atoms with Gasteiger partial charge in [-0.15, -0.1) is 0 Å². The number of piperazine rings is 2. The molecule has 0 aliphatic carbocycles. The number of likely N-dealkylation sites (tertiary alicyclic amines) is 2. The maximum Gasteiger partial charge on any atom is 0.276 e. The van der Waals surface area contributed by atoms with Crippen LogP contribution in [0.25, 0.3) is 0 Å². The lowest BCUT2D eigenvalue weighted by Gasteiger charge is -2.42. The summed E-state index contributed by atoms with van der Waals surface area (Å²) in [6.07, 6.45) is 3.95. The van der Waals surface area contributed by atoms with Crippen LogP contribution in [-0.2, 0) is 0 Å². The molecule has 3 fully saturated rings. The van der Waals surface area contributed by atoms with Crippen LogP contribution in [0.3, 0.4) is 0 Å². The number of hydrogen-bond acceptors (Lipinski definition) is 7. The zero-order chi connectivity index (χ0) is 23.9. The fourth-order valence-electron chi connectivity index (χ4n) is 5.72. The number of rotatable bonds is 4. The number of nitrogens with zero attached hydrogens (tertiary/aromatic N) is 6. The molecule has 3 aliphatic rings. The van der Waals surface area contributed by atoms with Gasteiger partial charge in [-0.3, -0.25) is 9.59 Å². The van der Waals surface area contributed by atoms with Gasteiger partial charge in [0, 0.05) is 45.0 Å². The van der Waals surface area contributed by atoms with Gasteiger partial charge in [-0.1, -0.05) is 35.5 Å². The summed E-state index contributed by atoms with van der Waals surface area (Å²) in [5, 5.41) is 3.78. The molecular formula is C26H28N6O3. The van der Waals surface area contributed by atoms with Crippen molar-refractivity contribution < 1.29 is 14.1 Å². The summed E-state index contributed by atoms with van der Waals surface area (Å²) in [5.41, 5.74) is 2.15. The van der Waals surface area contributed by atoms with Gasteiger partial charge < -0.3 is 24.1 Å². The Bertz CT molecular complexity index is 1220. The van der Waals surface area contributed by atoms with E-state index >= 15 is 0 Å². The van der Waals surface area contributed by atoms with Crippen LogP contribution in [-0.4, -0.2) is 88.5 Å². The standard InChI is InChI=1S/C26H28N6O3/c1-29-11-12-30(23(17-29)18-6-3-2-4-7-18)24-21(8-5-10-27-24)25(33)31-15-20-14-19(31)16-32(20)26(34)22-9-13-35-28-22/h2-10,13,19-20,23H,11-12,14-17H2,1H3/t19-,20-,23?/m0/s1. The fraction of sp³-hybridized carbons (Fsp3) is 0.385. The first-order valence-corrected chi connectivity index (χ1v) is 12.1. The molecule has 3 aliphatic heterocycles. The average molecular weight is 473 g/mol. The minimum absolute atomic E-state index is 0.00558. The van der Waals surface area contributed by atoms with E-state index in [2.05, 4.69) is 46.3 Å². The first-order chi connectivity index (χ1) is 17.1. The summed E-state index contributed by atoms with van der Waals surface area (Å²) in [4.78, 5) is 39.7.